The van der Waals surface area contributed by atoms with Gasteiger partial charge >= 0.3 is 0 Å². The van der Waals surface area contributed by atoms with Crippen LogP contribution >= 0.6 is 0 Å². The first-order chi connectivity index (χ1) is 11.4. The molecule has 6 nitrogen and oxygen atoms in total. The molecule has 0 radical (unpaired) electrons. The second-order valence-electron chi connectivity index (χ2n) is 5.60. The first kappa shape index (κ1) is 16.4. The lowest BCUT2D eigenvalue weighted by Gasteiger charge is -2.12. The molecule has 0 saturated carbocycles. The van der Waals surface area contributed by atoms with Crippen LogP contribution in [0.25, 0.3) is 6.08 Å². The summed E-state index contributed by atoms with van der Waals surface area (Å²) in [5.41, 5.74) is 0.570. The van der Waals surface area contributed by atoms with Crippen molar-refractivity contribution in [2.45, 2.75) is 12.5 Å². The minimum absolute atomic E-state index is 0.0245. The van der Waals surface area contributed by atoms with E-state index >= 15 is 0 Å². The number of amides is 1. The summed E-state index contributed by atoms with van der Waals surface area (Å²) < 4.78 is 37.8. The van der Waals surface area contributed by atoms with Crippen molar-refractivity contribution >= 4 is 27.6 Å². The van der Waals surface area contributed by atoms with E-state index in [1.54, 1.807) is 18.2 Å². The Labute approximate surface area is 138 Å². The summed E-state index contributed by atoms with van der Waals surface area (Å²) in [6.07, 6.45) is 4.78. The number of aromatic nitrogens is 2. The summed E-state index contributed by atoms with van der Waals surface area (Å²) in [7, 11) is -3.04. The molecule has 24 heavy (non-hydrogen) atoms. The lowest BCUT2D eigenvalue weighted by molar-refractivity contribution is -0.111. The highest BCUT2D eigenvalue weighted by Gasteiger charge is 2.30. The molecule has 1 amide bonds. The molecule has 2 aromatic rings. The van der Waals surface area contributed by atoms with Crippen LogP contribution in [0.1, 0.15) is 18.0 Å². The molecule has 1 aliphatic rings. The van der Waals surface area contributed by atoms with Gasteiger partial charge < -0.3 is 5.32 Å². The zero-order chi connectivity index (χ0) is 17.2. The Morgan fingerprint density at radius 3 is 2.92 bits per heavy atom. The number of carbonyl (C=O) groups excluding carboxylic acids is 1. The third kappa shape index (κ3) is 3.88. The van der Waals surface area contributed by atoms with Gasteiger partial charge in [-0.2, -0.15) is 5.10 Å². The van der Waals surface area contributed by atoms with Gasteiger partial charge in [0.05, 0.1) is 23.7 Å². The molecule has 3 rings (SSSR count). The van der Waals surface area contributed by atoms with E-state index in [1.165, 1.54) is 35.2 Å². The molecule has 1 saturated heterocycles. The average molecular weight is 349 g/mol. The van der Waals surface area contributed by atoms with E-state index in [2.05, 4.69) is 10.4 Å². The highest BCUT2D eigenvalue weighted by atomic mass is 32.2. The van der Waals surface area contributed by atoms with Crippen LogP contribution in [-0.2, 0) is 14.6 Å². The topological polar surface area (TPSA) is 81.1 Å². The number of nitrogens with zero attached hydrogens (tertiary/aromatic N) is 2. The smallest absolute Gasteiger partial charge is 0.249 e. The molecule has 2 heterocycles. The largest absolute Gasteiger partial charge is 0.307 e. The number of anilines is 1. The number of benzene rings is 1. The van der Waals surface area contributed by atoms with Gasteiger partial charge in [-0.3, -0.25) is 4.79 Å². The Balaban J connectivity index is 1.69. The van der Waals surface area contributed by atoms with Gasteiger partial charge in [-0.1, -0.05) is 12.1 Å². The highest BCUT2D eigenvalue weighted by Crippen LogP contribution is 2.26. The molecule has 0 spiro atoms. The standard InChI is InChI=1S/C16H16FN3O3S/c17-13-3-1-2-12(10-13)4-5-16(21)19-15-6-8-18-20(15)14-7-9-24(22,23)11-14/h1-6,8,10,14H,7,9,11H2,(H,19,21). The normalized spacial score (nSPS) is 19.6. The molecule has 126 valence electrons. The van der Waals surface area contributed by atoms with Crippen molar-refractivity contribution in [3.05, 3.63) is 54.0 Å². The van der Waals surface area contributed by atoms with Crippen molar-refractivity contribution in [2.75, 3.05) is 16.8 Å². The Kier molecular flexibility index (Phi) is 4.48. The van der Waals surface area contributed by atoms with Crippen LogP contribution in [0, 0.1) is 5.82 Å². The third-order valence-corrected chi connectivity index (χ3v) is 5.50. The average Bonchev–Trinajstić information content (AvgIpc) is 3.11. The molecular weight excluding hydrogens is 333 g/mol. The molecule has 1 aromatic heterocycles. The van der Waals surface area contributed by atoms with Crippen LogP contribution in [0.5, 0.6) is 0 Å². The van der Waals surface area contributed by atoms with E-state index in [1.807, 2.05) is 0 Å². The number of hydrogen-bond acceptors (Lipinski definition) is 4. The number of hydrogen-bond donors (Lipinski definition) is 1. The quantitative estimate of drug-likeness (QED) is 0.857. The van der Waals surface area contributed by atoms with E-state index in [9.17, 15) is 17.6 Å². The summed E-state index contributed by atoms with van der Waals surface area (Å²) >= 11 is 0. The van der Waals surface area contributed by atoms with E-state index in [0.29, 0.717) is 17.8 Å². The molecule has 1 fully saturated rings. The first-order valence-electron chi connectivity index (χ1n) is 7.41. The zero-order valence-corrected chi connectivity index (χ0v) is 13.5. The molecule has 1 N–H and O–H groups in total. The Morgan fingerprint density at radius 1 is 1.38 bits per heavy atom. The van der Waals surface area contributed by atoms with E-state index < -0.39 is 15.7 Å². The fourth-order valence-electron chi connectivity index (χ4n) is 2.62. The third-order valence-electron chi connectivity index (χ3n) is 3.75. The molecule has 8 heteroatoms. The van der Waals surface area contributed by atoms with E-state index in [4.69, 9.17) is 0 Å². The van der Waals surface area contributed by atoms with Crippen molar-refractivity contribution in [2.24, 2.45) is 0 Å². The zero-order valence-electron chi connectivity index (χ0n) is 12.7. The number of rotatable bonds is 4. The second kappa shape index (κ2) is 6.56. The van der Waals surface area contributed by atoms with Gasteiger partial charge in [0.1, 0.15) is 11.6 Å². The van der Waals surface area contributed by atoms with Gasteiger partial charge in [0.25, 0.3) is 0 Å². The monoisotopic (exact) mass is 349 g/mol. The maximum atomic E-state index is 13.1. The van der Waals surface area contributed by atoms with E-state index in [0.717, 1.165) is 0 Å². The molecule has 0 aliphatic carbocycles. The van der Waals surface area contributed by atoms with Gasteiger partial charge in [-0.05, 0) is 30.2 Å². The fourth-order valence-corrected chi connectivity index (χ4v) is 4.31. The lowest BCUT2D eigenvalue weighted by atomic mass is 10.2. The van der Waals surface area contributed by atoms with Crippen LogP contribution < -0.4 is 5.32 Å². The van der Waals surface area contributed by atoms with Crippen LogP contribution in [0.4, 0.5) is 10.2 Å². The maximum Gasteiger partial charge on any atom is 0.249 e. The van der Waals surface area contributed by atoms with Gasteiger partial charge in [0.15, 0.2) is 9.84 Å². The SMILES string of the molecule is O=C(C=Cc1cccc(F)c1)Nc1ccnn1C1CCS(=O)(=O)C1. The molecular formula is C16H16FN3O3S. The van der Waals surface area contributed by atoms with Crippen molar-refractivity contribution in [1.29, 1.82) is 0 Å². The van der Waals surface area contributed by atoms with Crippen LogP contribution in [0.2, 0.25) is 0 Å². The maximum absolute atomic E-state index is 13.1. The molecule has 1 aromatic carbocycles. The first-order valence-corrected chi connectivity index (χ1v) is 9.24. The Bertz CT molecular complexity index is 889. The summed E-state index contributed by atoms with van der Waals surface area (Å²) in [6.45, 7) is 0. The Morgan fingerprint density at radius 2 is 2.21 bits per heavy atom. The summed E-state index contributed by atoms with van der Waals surface area (Å²) in [4.78, 5) is 12.0. The highest BCUT2D eigenvalue weighted by molar-refractivity contribution is 7.91. The second-order valence-corrected chi connectivity index (χ2v) is 7.82. The predicted molar refractivity (Wildman–Crippen MR) is 88.6 cm³/mol. The summed E-state index contributed by atoms with van der Waals surface area (Å²) in [5.74, 6) is -0.188. The number of sulfone groups is 1. The summed E-state index contributed by atoms with van der Waals surface area (Å²) in [5, 5.41) is 6.78. The van der Waals surface area contributed by atoms with Gasteiger partial charge in [0, 0.05) is 12.1 Å². The number of nitrogens with one attached hydrogen (secondary N) is 1. The van der Waals surface area contributed by atoms with Gasteiger partial charge in [0.2, 0.25) is 5.91 Å². The molecule has 1 aliphatic heterocycles. The minimum atomic E-state index is -3.04. The molecule has 1 atom stereocenters. The fraction of sp³-hybridized carbons (Fsp3) is 0.250. The van der Waals surface area contributed by atoms with Crippen LogP contribution in [0.3, 0.4) is 0 Å². The lowest BCUT2D eigenvalue weighted by Crippen LogP contribution is -2.18. The van der Waals surface area contributed by atoms with Gasteiger partial charge in [-0.15, -0.1) is 0 Å². The molecule has 0 bridgehead atoms. The predicted octanol–water partition coefficient (Wildman–Crippen LogP) is 2.03. The van der Waals surface area contributed by atoms with Gasteiger partial charge in [-0.25, -0.2) is 17.5 Å². The summed E-state index contributed by atoms with van der Waals surface area (Å²) in [6, 6.07) is 7.22. The van der Waals surface area contributed by atoms with Crippen molar-refractivity contribution in [3.63, 3.8) is 0 Å². The number of halogens is 1. The Hall–Kier alpha value is -2.48. The van der Waals surface area contributed by atoms with Crippen molar-refractivity contribution in [1.82, 2.24) is 9.78 Å². The van der Waals surface area contributed by atoms with E-state index in [-0.39, 0.29) is 23.4 Å². The van der Waals surface area contributed by atoms with Crippen molar-refractivity contribution < 1.29 is 17.6 Å². The molecule has 1 unspecified atom stereocenters. The minimum Gasteiger partial charge on any atom is -0.307 e. The van der Waals surface area contributed by atoms with Crippen LogP contribution in [0.15, 0.2) is 42.6 Å². The van der Waals surface area contributed by atoms with Crippen LogP contribution in [-0.4, -0.2) is 35.6 Å². The number of carbonyl (C=O) groups is 1. The van der Waals surface area contributed by atoms with Crippen molar-refractivity contribution in [3.8, 4) is 0 Å².